The molecule has 116 valence electrons. The second-order valence-electron chi connectivity index (χ2n) is 6.56. The molecule has 21 heavy (non-hydrogen) atoms. The molecule has 1 aromatic carbocycles. The van der Waals surface area contributed by atoms with Crippen LogP contribution in [0.15, 0.2) is 30.3 Å². The second kappa shape index (κ2) is 6.61. The quantitative estimate of drug-likeness (QED) is 0.840. The van der Waals surface area contributed by atoms with Gasteiger partial charge in [0, 0.05) is 6.54 Å². The summed E-state index contributed by atoms with van der Waals surface area (Å²) in [5.41, 5.74) is 0.533. The van der Waals surface area contributed by atoms with Crippen LogP contribution in [0.25, 0.3) is 0 Å². The van der Waals surface area contributed by atoms with Crippen molar-refractivity contribution < 1.29 is 9.53 Å². The number of benzene rings is 1. The van der Waals surface area contributed by atoms with Crippen LogP contribution in [0.5, 0.6) is 0 Å². The van der Waals surface area contributed by atoms with Gasteiger partial charge in [-0.3, -0.25) is 10.1 Å². The van der Waals surface area contributed by atoms with Gasteiger partial charge in [-0.05, 0) is 30.7 Å². The highest BCUT2D eigenvalue weighted by atomic mass is 16.5. The first-order valence-electron chi connectivity index (χ1n) is 7.98. The number of carbonyl (C=O) groups excluding carboxylic acids is 1. The van der Waals surface area contributed by atoms with Gasteiger partial charge in [0.05, 0.1) is 6.61 Å². The van der Waals surface area contributed by atoms with E-state index in [2.05, 4.69) is 31.3 Å². The normalized spacial score (nSPS) is 24.5. The van der Waals surface area contributed by atoms with Crippen molar-refractivity contribution in [3.63, 3.8) is 0 Å². The molecule has 1 atom stereocenters. The van der Waals surface area contributed by atoms with E-state index in [1.54, 1.807) is 0 Å². The van der Waals surface area contributed by atoms with Crippen molar-refractivity contribution in [3.8, 4) is 0 Å². The molecule has 3 nitrogen and oxygen atoms in total. The molecule has 1 saturated carbocycles. The number of rotatable bonds is 5. The van der Waals surface area contributed by atoms with Crippen molar-refractivity contribution in [2.24, 2.45) is 5.41 Å². The molecule has 1 aliphatic rings. The first-order valence-corrected chi connectivity index (χ1v) is 7.98. The lowest BCUT2D eigenvalue weighted by molar-refractivity contribution is -0.160. The predicted molar refractivity (Wildman–Crippen MR) is 84.9 cm³/mol. The van der Waals surface area contributed by atoms with Crippen LogP contribution in [-0.4, -0.2) is 18.1 Å². The Morgan fingerprint density at radius 3 is 2.48 bits per heavy atom. The molecule has 2 rings (SSSR count). The van der Waals surface area contributed by atoms with E-state index in [1.165, 1.54) is 12.0 Å². The van der Waals surface area contributed by atoms with Crippen molar-refractivity contribution in [1.29, 1.82) is 0 Å². The molecule has 3 heteroatoms. The highest BCUT2D eigenvalue weighted by Gasteiger charge is 2.52. The van der Waals surface area contributed by atoms with E-state index in [0.29, 0.717) is 13.2 Å². The molecule has 0 amide bonds. The van der Waals surface area contributed by atoms with Crippen LogP contribution in [-0.2, 0) is 16.1 Å². The molecule has 1 aliphatic carbocycles. The summed E-state index contributed by atoms with van der Waals surface area (Å²) in [6, 6.07) is 10.2. The lowest BCUT2D eigenvalue weighted by Crippen LogP contribution is -2.63. The highest BCUT2D eigenvalue weighted by Crippen LogP contribution is 2.44. The number of esters is 1. The lowest BCUT2D eigenvalue weighted by atomic mass is 9.63. The molecule has 0 aromatic heterocycles. The summed E-state index contributed by atoms with van der Waals surface area (Å²) in [7, 11) is 0. The zero-order valence-corrected chi connectivity index (χ0v) is 13.4. The van der Waals surface area contributed by atoms with Gasteiger partial charge < -0.3 is 4.74 Å². The standard InChI is InChI=1S/C18H27NO2/c1-4-21-16(20)18(13-9-8-12-17(18,2)3)19-14-15-10-6-5-7-11-15/h5-7,10-11,19H,4,8-9,12-14H2,1-3H3. The van der Waals surface area contributed by atoms with Crippen LogP contribution >= 0.6 is 0 Å². The fraction of sp³-hybridized carbons (Fsp3) is 0.611. The maximum absolute atomic E-state index is 12.7. The van der Waals surface area contributed by atoms with E-state index in [1.807, 2.05) is 25.1 Å². The van der Waals surface area contributed by atoms with E-state index >= 15 is 0 Å². The predicted octanol–water partition coefficient (Wildman–Crippen LogP) is 3.68. The topological polar surface area (TPSA) is 38.3 Å². The molecule has 0 bridgehead atoms. The van der Waals surface area contributed by atoms with Crippen LogP contribution in [0, 0.1) is 5.41 Å². The monoisotopic (exact) mass is 289 g/mol. The molecule has 1 N–H and O–H groups in total. The fourth-order valence-corrected chi connectivity index (χ4v) is 3.39. The van der Waals surface area contributed by atoms with Crippen LogP contribution in [0.1, 0.15) is 52.0 Å². The summed E-state index contributed by atoms with van der Waals surface area (Å²) in [6.45, 7) is 7.37. The number of carbonyl (C=O) groups is 1. The van der Waals surface area contributed by atoms with Gasteiger partial charge in [0.25, 0.3) is 0 Å². The van der Waals surface area contributed by atoms with Gasteiger partial charge in [0.1, 0.15) is 5.54 Å². The molecular weight excluding hydrogens is 262 g/mol. The van der Waals surface area contributed by atoms with Crippen molar-refractivity contribution >= 4 is 5.97 Å². The Bertz CT molecular complexity index is 469. The van der Waals surface area contributed by atoms with Crippen molar-refractivity contribution in [3.05, 3.63) is 35.9 Å². The summed E-state index contributed by atoms with van der Waals surface area (Å²) in [4.78, 5) is 12.7. The van der Waals surface area contributed by atoms with E-state index in [4.69, 9.17) is 4.74 Å². The van der Waals surface area contributed by atoms with E-state index in [-0.39, 0.29) is 11.4 Å². The van der Waals surface area contributed by atoms with Crippen LogP contribution in [0.3, 0.4) is 0 Å². The molecular formula is C18H27NO2. The van der Waals surface area contributed by atoms with Gasteiger partial charge in [-0.1, -0.05) is 57.0 Å². The van der Waals surface area contributed by atoms with Crippen molar-refractivity contribution in [2.45, 2.75) is 58.5 Å². The van der Waals surface area contributed by atoms with E-state index in [0.717, 1.165) is 19.3 Å². The largest absolute Gasteiger partial charge is 0.465 e. The van der Waals surface area contributed by atoms with Crippen LogP contribution in [0.2, 0.25) is 0 Å². The first kappa shape index (κ1) is 16.0. The van der Waals surface area contributed by atoms with E-state index < -0.39 is 5.54 Å². The number of hydrogen-bond donors (Lipinski definition) is 1. The zero-order valence-electron chi connectivity index (χ0n) is 13.4. The lowest BCUT2D eigenvalue weighted by Gasteiger charge is -2.48. The average molecular weight is 289 g/mol. The summed E-state index contributed by atoms with van der Waals surface area (Å²) in [6.07, 6.45) is 4.16. The second-order valence-corrected chi connectivity index (χ2v) is 6.56. The molecule has 1 fully saturated rings. The van der Waals surface area contributed by atoms with Gasteiger partial charge in [0.15, 0.2) is 0 Å². The maximum atomic E-state index is 12.7. The van der Waals surface area contributed by atoms with E-state index in [9.17, 15) is 4.79 Å². The Morgan fingerprint density at radius 1 is 1.19 bits per heavy atom. The van der Waals surface area contributed by atoms with Crippen molar-refractivity contribution in [1.82, 2.24) is 5.32 Å². The summed E-state index contributed by atoms with van der Waals surface area (Å²) < 4.78 is 5.41. The first-order chi connectivity index (χ1) is 10.0. The smallest absolute Gasteiger partial charge is 0.326 e. The molecule has 1 aromatic rings. The summed E-state index contributed by atoms with van der Waals surface area (Å²) in [5.74, 6) is -0.0920. The number of ether oxygens (including phenoxy) is 1. The van der Waals surface area contributed by atoms with Crippen LogP contribution < -0.4 is 5.32 Å². The third-order valence-corrected chi connectivity index (χ3v) is 4.82. The minimum absolute atomic E-state index is 0.0910. The van der Waals surface area contributed by atoms with Crippen LogP contribution in [0.4, 0.5) is 0 Å². The van der Waals surface area contributed by atoms with Gasteiger partial charge in [-0.25, -0.2) is 0 Å². The summed E-state index contributed by atoms with van der Waals surface area (Å²) in [5, 5.41) is 3.55. The highest BCUT2D eigenvalue weighted by molar-refractivity contribution is 5.82. The Morgan fingerprint density at radius 2 is 1.86 bits per heavy atom. The Balaban J connectivity index is 2.21. The molecule has 0 radical (unpaired) electrons. The third kappa shape index (κ3) is 3.29. The molecule has 0 spiro atoms. The fourth-order valence-electron chi connectivity index (χ4n) is 3.39. The zero-order chi connectivity index (χ0) is 15.3. The number of nitrogens with one attached hydrogen (secondary N) is 1. The Kier molecular flexibility index (Phi) is 5.04. The maximum Gasteiger partial charge on any atom is 0.326 e. The van der Waals surface area contributed by atoms with Gasteiger partial charge in [-0.2, -0.15) is 0 Å². The van der Waals surface area contributed by atoms with Gasteiger partial charge in [0.2, 0.25) is 0 Å². The molecule has 0 saturated heterocycles. The minimum Gasteiger partial charge on any atom is -0.465 e. The molecule has 1 unspecified atom stereocenters. The Hall–Kier alpha value is -1.35. The molecule has 0 heterocycles. The third-order valence-electron chi connectivity index (χ3n) is 4.82. The van der Waals surface area contributed by atoms with Crippen molar-refractivity contribution in [2.75, 3.05) is 6.61 Å². The van der Waals surface area contributed by atoms with Gasteiger partial charge >= 0.3 is 5.97 Å². The minimum atomic E-state index is -0.572. The average Bonchev–Trinajstić information content (AvgIpc) is 2.47. The van der Waals surface area contributed by atoms with Gasteiger partial charge in [-0.15, -0.1) is 0 Å². The summed E-state index contributed by atoms with van der Waals surface area (Å²) >= 11 is 0. The Labute approximate surface area is 128 Å². The number of hydrogen-bond acceptors (Lipinski definition) is 3. The molecule has 0 aliphatic heterocycles. The SMILES string of the molecule is CCOC(=O)C1(NCc2ccccc2)CCCCC1(C)C.